The third-order valence-corrected chi connectivity index (χ3v) is 2.59. The average molecular weight is 311 g/mol. The monoisotopic (exact) mass is 310 g/mol. The highest BCUT2D eigenvalue weighted by Gasteiger charge is 2.40. The molecule has 92 valence electrons. The van der Waals surface area contributed by atoms with Gasteiger partial charge in [-0.05, 0) is 34.1 Å². The van der Waals surface area contributed by atoms with Crippen LogP contribution in [0.5, 0.6) is 0 Å². The van der Waals surface area contributed by atoms with Crippen molar-refractivity contribution in [1.82, 2.24) is 0 Å². The summed E-state index contributed by atoms with van der Waals surface area (Å²) in [5.74, 6) is -4.09. The molecule has 0 saturated heterocycles. The summed E-state index contributed by atoms with van der Waals surface area (Å²) in [6.45, 7) is -1.17. The van der Waals surface area contributed by atoms with Crippen LogP contribution in [0, 0.1) is 11.3 Å². The van der Waals surface area contributed by atoms with Gasteiger partial charge in [0.2, 0.25) is 0 Å². The van der Waals surface area contributed by atoms with Gasteiger partial charge >= 0.3 is 12.3 Å². The van der Waals surface area contributed by atoms with Crippen LogP contribution in [0.3, 0.4) is 0 Å². The molecule has 1 aromatic rings. The van der Waals surface area contributed by atoms with Gasteiger partial charge in [-0.25, -0.2) is 8.78 Å². The maximum Gasteiger partial charge on any atom is 0.324 e. The lowest BCUT2D eigenvalue weighted by molar-refractivity contribution is -0.117. The molecule has 0 atom stereocenters. The molecule has 2 nitrogen and oxygen atoms in total. The molecule has 0 aromatic heterocycles. The summed E-state index contributed by atoms with van der Waals surface area (Å²) in [6, 6.07) is 6.03. The Morgan fingerprint density at radius 3 is 2.53 bits per heavy atom. The van der Waals surface area contributed by atoms with E-state index in [2.05, 4.69) is 21.2 Å². The van der Waals surface area contributed by atoms with Gasteiger partial charge in [-0.1, -0.05) is 0 Å². The van der Waals surface area contributed by atoms with Gasteiger partial charge in [0.25, 0.3) is 0 Å². The number of rotatable bonds is 4. The smallest absolute Gasteiger partial charge is 0.324 e. The van der Waals surface area contributed by atoms with Crippen LogP contribution in [0.1, 0.15) is 5.56 Å². The second-order valence-electron chi connectivity index (χ2n) is 3.22. The lowest BCUT2D eigenvalue weighted by Gasteiger charge is -2.17. The molecule has 0 spiro atoms. The first-order chi connectivity index (χ1) is 7.86. The van der Waals surface area contributed by atoms with Crippen LogP contribution >= 0.6 is 15.9 Å². The maximum atomic E-state index is 12.6. The Bertz CT molecular complexity index is 442. The molecule has 0 amide bonds. The van der Waals surface area contributed by atoms with Crippen LogP contribution in [-0.4, -0.2) is 18.9 Å². The van der Waals surface area contributed by atoms with Crippen molar-refractivity contribution < 1.29 is 17.6 Å². The molecule has 0 unspecified atom stereocenters. The van der Waals surface area contributed by atoms with Gasteiger partial charge in [0.15, 0.2) is 0 Å². The number of alkyl halides is 4. The van der Waals surface area contributed by atoms with Gasteiger partial charge in [0, 0.05) is 10.2 Å². The molecule has 17 heavy (non-hydrogen) atoms. The number of nitrogens with one attached hydrogen (secondary N) is 1. The van der Waals surface area contributed by atoms with Gasteiger partial charge in [-0.2, -0.15) is 14.0 Å². The third kappa shape index (κ3) is 3.60. The molecule has 0 aliphatic rings. The highest BCUT2D eigenvalue weighted by atomic mass is 79.9. The van der Waals surface area contributed by atoms with E-state index < -0.39 is 18.9 Å². The SMILES string of the molecule is N#Cc1ccc(NCC(F)(F)C(F)F)c(Br)c1. The first-order valence-corrected chi connectivity index (χ1v) is 5.25. The quantitative estimate of drug-likeness (QED) is 0.862. The van der Waals surface area contributed by atoms with E-state index in [1.54, 1.807) is 0 Å². The van der Waals surface area contributed by atoms with Crippen LogP contribution in [0.15, 0.2) is 22.7 Å². The molecule has 0 aliphatic carbocycles. The number of hydrogen-bond donors (Lipinski definition) is 1. The topological polar surface area (TPSA) is 35.8 Å². The predicted molar refractivity (Wildman–Crippen MR) is 58.3 cm³/mol. The molecule has 0 bridgehead atoms. The van der Waals surface area contributed by atoms with Crippen molar-refractivity contribution in [3.05, 3.63) is 28.2 Å². The van der Waals surface area contributed by atoms with E-state index in [1.807, 2.05) is 6.07 Å². The van der Waals surface area contributed by atoms with E-state index in [4.69, 9.17) is 5.26 Å². The molecular formula is C10H7BrF4N2. The summed E-state index contributed by atoms with van der Waals surface area (Å²) in [7, 11) is 0. The van der Waals surface area contributed by atoms with Crippen molar-refractivity contribution in [1.29, 1.82) is 5.26 Å². The zero-order valence-corrected chi connectivity index (χ0v) is 9.94. The lowest BCUT2D eigenvalue weighted by atomic mass is 10.2. The predicted octanol–water partition coefficient (Wildman–Crippen LogP) is 3.63. The standard InChI is InChI=1S/C10H7BrF4N2/c11-7-3-6(4-16)1-2-8(7)17-5-10(14,15)9(12)13/h1-3,9,17H,5H2. The molecular weight excluding hydrogens is 304 g/mol. The van der Waals surface area contributed by atoms with E-state index in [-0.39, 0.29) is 5.69 Å². The summed E-state index contributed by atoms with van der Waals surface area (Å²) in [4.78, 5) is 0. The Morgan fingerprint density at radius 1 is 1.41 bits per heavy atom. The number of hydrogen-bond acceptors (Lipinski definition) is 2. The maximum absolute atomic E-state index is 12.6. The normalized spacial score (nSPS) is 11.4. The van der Waals surface area contributed by atoms with Gasteiger partial charge in [-0.15, -0.1) is 0 Å². The summed E-state index contributed by atoms with van der Waals surface area (Å²) in [5.41, 5.74) is 0.562. The fraction of sp³-hybridized carbons (Fsp3) is 0.300. The van der Waals surface area contributed by atoms with Gasteiger partial charge in [-0.3, -0.25) is 0 Å². The van der Waals surface area contributed by atoms with E-state index in [0.717, 1.165) is 0 Å². The number of halogens is 5. The highest BCUT2D eigenvalue weighted by molar-refractivity contribution is 9.10. The van der Waals surface area contributed by atoms with Crippen molar-refractivity contribution in [3.8, 4) is 6.07 Å². The Morgan fingerprint density at radius 2 is 2.06 bits per heavy atom. The lowest BCUT2D eigenvalue weighted by Crippen LogP contribution is -2.34. The van der Waals surface area contributed by atoms with Crippen molar-refractivity contribution in [2.24, 2.45) is 0 Å². The molecule has 0 aliphatic heterocycles. The molecule has 1 rings (SSSR count). The number of benzene rings is 1. The first kappa shape index (κ1) is 13.8. The third-order valence-electron chi connectivity index (χ3n) is 1.93. The molecule has 1 aromatic carbocycles. The van der Waals surface area contributed by atoms with Crippen molar-refractivity contribution in [3.63, 3.8) is 0 Å². The van der Waals surface area contributed by atoms with Crippen LogP contribution in [0.4, 0.5) is 23.2 Å². The zero-order chi connectivity index (χ0) is 13.1. The van der Waals surface area contributed by atoms with Gasteiger partial charge < -0.3 is 5.32 Å². The molecule has 0 radical (unpaired) electrons. The van der Waals surface area contributed by atoms with Gasteiger partial charge in [0.05, 0.1) is 18.2 Å². The van der Waals surface area contributed by atoms with E-state index in [1.165, 1.54) is 18.2 Å². The van der Waals surface area contributed by atoms with Crippen molar-refractivity contribution in [2.45, 2.75) is 12.3 Å². The second kappa shape index (κ2) is 5.36. The minimum Gasteiger partial charge on any atom is -0.378 e. The van der Waals surface area contributed by atoms with Gasteiger partial charge in [0.1, 0.15) is 0 Å². The number of nitriles is 1. The number of anilines is 1. The summed E-state index contributed by atoms with van der Waals surface area (Å²) >= 11 is 3.05. The Kier molecular flexibility index (Phi) is 4.34. The Hall–Kier alpha value is -1.29. The largest absolute Gasteiger partial charge is 0.378 e. The average Bonchev–Trinajstić information content (AvgIpc) is 2.27. The van der Waals surface area contributed by atoms with E-state index in [9.17, 15) is 17.6 Å². The molecule has 7 heteroatoms. The molecule has 0 heterocycles. The molecule has 0 fully saturated rings. The minimum absolute atomic E-state index is 0.226. The highest BCUT2D eigenvalue weighted by Crippen LogP contribution is 2.27. The van der Waals surface area contributed by atoms with E-state index >= 15 is 0 Å². The van der Waals surface area contributed by atoms with Crippen molar-refractivity contribution in [2.75, 3.05) is 11.9 Å². The molecule has 1 N–H and O–H groups in total. The summed E-state index contributed by atoms with van der Waals surface area (Å²) < 4.78 is 49.4. The summed E-state index contributed by atoms with van der Waals surface area (Å²) in [6.07, 6.45) is -3.72. The summed E-state index contributed by atoms with van der Waals surface area (Å²) in [5, 5.41) is 10.8. The Labute approximate surface area is 103 Å². The molecule has 0 saturated carbocycles. The number of nitrogens with zero attached hydrogens (tertiary/aromatic N) is 1. The van der Waals surface area contributed by atoms with Crippen LogP contribution in [-0.2, 0) is 0 Å². The zero-order valence-electron chi connectivity index (χ0n) is 8.35. The van der Waals surface area contributed by atoms with Crippen LogP contribution in [0.25, 0.3) is 0 Å². The first-order valence-electron chi connectivity index (χ1n) is 4.46. The van der Waals surface area contributed by atoms with Crippen molar-refractivity contribution >= 4 is 21.6 Å². The van der Waals surface area contributed by atoms with E-state index in [0.29, 0.717) is 10.0 Å². The second-order valence-corrected chi connectivity index (χ2v) is 4.08. The Balaban J connectivity index is 2.74. The fourth-order valence-electron chi connectivity index (χ4n) is 1.02. The fourth-order valence-corrected chi connectivity index (χ4v) is 1.54. The van der Waals surface area contributed by atoms with Crippen LogP contribution < -0.4 is 5.32 Å². The van der Waals surface area contributed by atoms with Crippen LogP contribution in [0.2, 0.25) is 0 Å². The minimum atomic E-state index is -4.09.